The molecule has 3 fully saturated rings. The third kappa shape index (κ3) is 8.01. The van der Waals surface area contributed by atoms with Crippen molar-refractivity contribution in [1.29, 1.82) is 0 Å². The van der Waals surface area contributed by atoms with Crippen LogP contribution in [0.1, 0.15) is 83.1 Å². The van der Waals surface area contributed by atoms with E-state index in [0.29, 0.717) is 67.5 Å². The first-order valence-corrected chi connectivity index (χ1v) is 21.5. The number of pyridine rings is 1. The van der Waals surface area contributed by atoms with E-state index < -0.39 is 86.0 Å². The molecule has 0 radical (unpaired) electrons. The molecular formula is C42H45F4N5O7S. The fourth-order valence-corrected chi connectivity index (χ4v) is 10.1. The Bertz CT molecular complexity index is 2370. The van der Waals surface area contributed by atoms with Gasteiger partial charge in [0.2, 0.25) is 27.7 Å². The SMILES string of the molecule is CC1(S(=O)(=O)NC(=O)[C@@]23C[C@H]2C=CCCCCC[C@H](NC(=O)CC(F)(F)F)C(=O)N2C[C@@]4(CCc5c(c(-c6cccc(F)c6)nc6ccccc56)O4)C[C@H]2C(=O)N3)CC1. The molecule has 3 aromatic rings. The van der Waals surface area contributed by atoms with E-state index in [9.17, 15) is 45.2 Å². The van der Waals surface area contributed by atoms with Gasteiger partial charge in [-0.2, -0.15) is 13.2 Å². The monoisotopic (exact) mass is 839 g/mol. The largest absolute Gasteiger partial charge is 0.483 e. The number of amides is 4. The fourth-order valence-electron chi connectivity index (χ4n) is 8.74. The average molecular weight is 840 g/mol. The highest BCUT2D eigenvalue weighted by Crippen LogP contribution is 2.50. The molecule has 8 rings (SSSR count). The van der Waals surface area contributed by atoms with Gasteiger partial charge in [-0.15, -0.1) is 0 Å². The Labute approximate surface area is 338 Å². The maximum Gasteiger partial charge on any atom is 0.397 e. The molecule has 2 aliphatic carbocycles. The highest BCUT2D eigenvalue weighted by molar-refractivity contribution is 7.91. The molecule has 2 aromatic carbocycles. The molecule has 5 aliphatic rings. The van der Waals surface area contributed by atoms with Crippen LogP contribution in [0.2, 0.25) is 0 Å². The van der Waals surface area contributed by atoms with Crippen molar-refractivity contribution >= 4 is 44.6 Å². The van der Waals surface area contributed by atoms with Crippen molar-refractivity contribution in [3.63, 3.8) is 0 Å². The van der Waals surface area contributed by atoms with Crippen molar-refractivity contribution in [3.8, 4) is 17.0 Å². The lowest BCUT2D eigenvalue weighted by molar-refractivity contribution is -0.156. The molecule has 12 nitrogen and oxygen atoms in total. The quantitative estimate of drug-likeness (QED) is 0.216. The summed E-state index contributed by atoms with van der Waals surface area (Å²) in [6.07, 6.45) is 0.458. The van der Waals surface area contributed by atoms with E-state index in [1.54, 1.807) is 12.1 Å². The zero-order valence-corrected chi connectivity index (χ0v) is 33.2. The number of hydrogen-bond donors (Lipinski definition) is 3. The van der Waals surface area contributed by atoms with Gasteiger partial charge in [-0.1, -0.05) is 55.3 Å². The normalized spacial score (nSPS) is 27.9. The standard InChI is InChI=1S/C42H45F4N5O7S/c1-39(18-19-39)59(56,57)50-38(55)41-21-26(41)11-5-3-2-4-6-15-31(47-33(52)23-42(44,45)46)37(54)51-24-40(22-32(51)36(53)49-41)17-16-29-28-13-7-8-14-30(28)48-34(35(29)58-40)25-10-9-12-27(43)20-25/h5,7-14,20,26,31-32H,2-4,6,15-19,21-24H2,1H3,(H,47,52)(H,49,53)(H,50,55)/t26-,31+,32+,40-,41-/m1/s1. The van der Waals surface area contributed by atoms with Crippen molar-refractivity contribution in [1.82, 2.24) is 25.2 Å². The van der Waals surface area contributed by atoms with E-state index in [2.05, 4.69) is 15.4 Å². The molecule has 1 spiro atoms. The Morgan fingerprint density at radius 1 is 1.03 bits per heavy atom. The Hall–Kier alpha value is -5.06. The summed E-state index contributed by atoms with van der Waals surface area (Å²) in [6, 6.07) is 10.5. The van der Waals surface area contributed by atoms with E-state index in [-0.39, 0.29) is 32.2 Å². The number of hydrogen-bond acceptors (Lipinski definition) is 8. The number of allylic oxidation sites excluding steroid dienone is 1. The van der Waals surface area contributed by atoms with Crippen LogP contribution in [0.15, 0.2) is 60.7 Å². The van der Waals surface area contributed by atoms with Gasteiger partial charge in [0.15, 0.2) is 0 Å². The number of sulfonamides is 1. The van der Waals surface area contributed by atoms with Crippen LogP contribution < -0.4 is 20.1 Å². The van der Waals surface area contributed by atoms with Gasteiger partial charge in [0.25, 0.3) is 5.91 Å². The molecule has 4 amide bonds. The number of carbonyl (C=O) groups is 4. The lowest BCUT2D eigenvalue weighted by Crippen LogP contribution is -2.58. The fraction of sp³-hybridized carbons (Fsp3) is 0.500. The Balaban J connectivity index is 1.18. The number of nitrogens with one attached hydrogen (secondary N) is 3. The maximum absolute atomic E-state index is 14.7. The number of carbonyl (C=O) groups excluding carboxylic acids is 4. The first-order valence-electron chi connectivity index (χ1n) is 20.0. The minimum Gasteiger partial charge on any atom is -0.483 e. The van der Waals surface area contributed by atoms with Gasteiger partial charge in [0.1, 0.15) is 46.9 Å². The van der Waals surface area contributed by atoms with Crippen LogP contribution in [0.3, 0.4) is 0 Å². The second-order valence-corrected chi connectivity index (χ2v) is 19.1. The first-order chi connectivity index (χ1) is 27.9. The first kappa shape index (κ1) is 40.7. The summed E-state index contributed by atoms with van der Waals surface area (Å²) in [7, 11) is -4.09. The molecule has 0 unspecified atom stereocenters. The van der Waals surface area contributed by atoms with Crippen LogP contribution in [-0.4, -0.2) is 82.6 Å². The Morgan fingerprint density at radius 3 is 2.56 bits per heavy atom. The molecule has 1 saturated heterocycles. The van der Waals surface area contributed by atoms with Crippen molar-refractivity contribution in [3.05, 3.63) is 72.1 Å². The third-order valence-electron chi connectivity index (χ3n) is 12.5. The molecule has 59 heavy (non-hydrogen) atoms. The second kappa shape index (κ2) is 14.9. The molecule has 5 atom stereocenters. The number of benzene rings is 2. The van der Waals surface area contributed by atoms with Crippen LogP contribution in [-0.2, 0) is 35.6 Å². The predicted molar refractivity (Wildman–Crippen MR) is 207 cm³/mol. The molecule has 2 saturated carbocycles. The molecule has 0 bridgehead atoms. The van der Waals surface area contributed by atoms with E-state index in [0.717, 1.165) is 10.9 Å². The Kier molecular flexibility index (Phi) is 10.3. The van der Waals surface area contributed by atoms with Crippen molar-refractivity contribution in [2.24, 2.45) is 5.92 Å². The molecule has 3 N–H and O–H groups in total. The lowest BCUT2D eigenvalue weighted by atomic mass is 9.86. The average Bonchev–Trinajstić information content (AvgIpc) is 4.07. The van der Waals surface area contributed by atoms with Gasteiger partial charge in [0.05, 0.1) is 16.8 Å². The third-order valence-corrected chi connectivity index (χ3v) is 14.7. The van der Waals surface area contributed by atoms with Crippen molar-refractivity contribution in [2.45, 2.75) is 118 Å². The molecule has 1 aromatic heterocycles. The molecule has 3 aliphatic heterocycles. The number of halogens is 4. The second-order valence-electron chi connectivity index (χ2n) is 16.9. The number of para-hydroxylation sites is 1. The summed E-state index contributed by atoms with van der Waals surface area (Å²) in [5.41, 5.74) is -0.746. The van der Waals surface area contributed by atoms with Crippen LogP contribution in [0.25, 0.3) is 22.2 Å². The Morgan fingerprint density at radius 2 is 1.81 bits per heavy atom. The number of aromatic nitrogens is 1. The molecule has 17 heteroatoms. The van der Waals surface area contributed by atoms with E-state index in [4.69, 9.17) is 9.72 Å². The number of aryl methyl sites for hydroxylation is 1. The van der Waals surface area contributed by atoms with Gasteiger partial charge < -0.3 is 20.3 Å². The molecule has 314 valence electrons. The maximum atomic E-state index is 14.7. The van der Waals surface area contributed by atoms with Crippen LogP contribution >= 0.6 is 0 Å². The van der Waals surface area contributed by atoms with E-state index in [1.807, 2.05) is 30.3 Å². The zero-order chi connectivity index (χ0) is 42.0. The van der Waals surface area contributed by atoms with Crippen molar-refractivity contribution < 1.29 is 49.9 Å². The van der Waals surface area contributed by atoms with Gasteiger partial charge in [-0.25, -0.2) is 17.8 Å². The number of ether oxygens (including phenoxy) is 1. The minimum absolute atomic E-state index is 0.00109. The summed E-state index contributed by atoms with van der Waals surface area (Å²) < 4.78 is 89.0. The van der Waals surface area contributed by atoms with Gasteiger partial charge in [-0.3, -0.25) is 23.9 Å². The summed E-state index contributed by atoms with van der Waals surface area (Å²) in [4.78, 5) is 62.1. The summed E-state index contributed by atoms with van der Waals surface area (Å²) in [5, 5.41) is 5.89. The van der Waals surface area contributed by atoms with Crippen LogP contribution in [0.4, 0.5) is 17.6 Å². The topological polar surface area (TPSA) is 164 Å². The number of alkyl halides is 3. The summed E-state index contributed by atoms with van der Waals surface area (Å²) in [6.45, 7) is 1.31. The van der Waals surface area contributed by atoms with Gasteiger partial charge in [0, 0.05) is 28.9 Å². The van der Waals surface area contributed by atoms with Crippen LogP contribution in [0, 0.1) is 11.7 Å². The molecular weight excluding hydrogens is 795 g/mol. The number of fused-ring (bicyclic) bond motifs is 5. The van der Waals surface area contributed by atoms with Crippen molar-refractivity contribution in [2.75, 3.05) is 6.54 Å². The smallest absolute Gasteiger partial charge is 0.397 e. The molecule has 4 heterocycles. The van der Waals surface area contributed by atoms with E-state index in [1.165, 1.54) is 30.0 Å². The highest BCUT2D eigenvalue weighted by atomic mass is 32.2. The number of nitrogens with zero attached hydrogens (tertiary/aromatic N) is 2. The van der Waals surface area contributed by atoms with E-state index >= 15 is 0 Å². The minimum atomic E-state index is -4.83. The van der Waals surface area contributed by atoms with Gasteiger partial charge >= 0.3 is 6.18 Å². The van der Waals surface area contributed by atoms with Gasteiger partial charge in [-0.05, 0) is 76.5 Å². The van der Waals surface area contributed by atoms with Crippen LogP contribution in [0.5, 0.6) is 5.75 Å². The predicted octanol–water partition coefficient (Wildman–Crippen LogP) is 5.54. The zero-order valence-electron chi connectivity index (χ0n) is 32.4. The summed E-state index contributed by atoms with van der Waals surface area (Å²) in [5.74, 6) is -4.61. The number of rotatable bonds is 6. The summed E-state index contributed by atoms with van der Waals surface area (Å²) >= 11 is 0. The highest BCUT2D eigenvalue weighted by Gasteiger charge is 2.64. The lowest BCUT2D eigenvalue weighted by Gasteiger charge is -2.37.